The van der Waals surface area contributed by atoms with Gasteiger partial charge in [0.1, 0.15) is 11.1 Å². The number of Topliss-reactive ketones (excluding diaryl/α,β-unsaturated/α-hetero) is 1. The summed E-state index contributed by atoms with van der Waals surface area (Å²) in [5.74, 6) is 5.80. The zero-order valence-electron chi connectivity index (χ0n) is 17.7. The molecule has 0 heterocycles. The molecular formula is C25H29F2NO2. The predicted octanol–water partition coefficient (Wildman–Crippen LogP) is 4.36. The van der Waals surface area contributed by atoms with E-state index in [1.807, 2.05) is 54.6 Å². The van der Waals surface area contributed by atoms with E-state index in [0.29, 0.717) is 19.4 Å². The number of carbonyl (C=O) groups excluding carboxylic acids is 1. The van der Waals surface area contributed by atoms with Gasteiger partial charge in [0.25, 0.3) is 6.43 Å². The first kappa shape index (κ1) is 23.7. The molecule has 2 aromatic carbocycles. The van der Waals surface area contributed by atoms with Crippen molar-refractivity contribution in [3.63, 3.8) is 0 Å². The van der Waals surface area contributed by atoms with Gasteiger partial charge in [-0.3, -0.25) is 4.79 Å². The van der Waals surface area contributed by atoms with Crippen molar-refractivity contribution in [3.05, 3.63) is 71.3 Å². The maximum absolute atomic E-state index is 13.3. The Morgan fingerprint density at radius 1 is 1.03 bits per heavy atom. The first-order valence-electron chi connectivity index (χ1n) is 10.2. The van der Waals surface area contributed by atoms with E-state index in [0.717, 1.165) is 23.6 Å². The molecule has 0 aliphatic rings. The quantitative estimate of drug-likeness (QED) is 0.474. The minimum absolute atomic E-state index is 0.0673. The van der Waals surface area contributed by atoms with Crippen molar-refractivity contribution in [2.45, 2.75) is 57.6 Å². The second-order valence-electron chi connectivity index (χ2n) is 7.69. The molecule has 0 bridgehead atoms. The summed E-state index contributed by atoms with van der Waals surface area (Å²) < 4.78 is 26.7. The largest absolute Gasteiger partial charge is 0.382 e. The lowest BCUT2D eigenvalue weighted by Gasteiger charge is -2.41. The van der Waals surface area contributed by atoms with Gasteiger partial charge in [-0.2, -0.15) is 0 Å². The smallest absolute Gasteiger partial charge is 0.268 e. The summed E-state index contributed by atoms with van der Waals surface area (Å²) in [6.45, 7) is 4.30. The number of ketones is 1. The van der Waals surface area contributed by atoms with Crippen molar-refractivity contribution >= 4 is 5.78 Å². The lowest BCUT2D eigenvalue weighted by Crippen LogP contribution is -2.67. The van der Waals surface area contributed by atoms with Crippen molar-refractivity contribution < 1.29 is 18.7 Å². The fraction of sp³-hybridized carbons (Fsp3) is 0.400. The fourth-order valence-corrected chi connectivity index (χ4v) is 3.18. The van der Waals surface area contributed by atoms with Crippen LogP contribution in [0.4, 0.5) is 8.78 Å². The highest BCUT2D eigenvalue weighted by Gasteiger charge is 2.53. The van der Waals surface area contributed by atoms with E-state index in [1.165, 1.54) is 6.92 Å². The van der Waals surface area contributed by atoms with Gasteiger partial charge in [0, 0.05) is 17.5 Å². The normalized spacial score (nSPS) is 15.0. The van der Waals surface area contributed by atoms with E-state index in [-0.39, 0.29) is 6.42 Å². The van der Waals surface area contributed by atoms with E-state index in [1.54, 1.807) is 6.92 Å². The van der Waals surface area contributed by atoms with Gasteiger partial charge in [-0.25, -0.2) is 8.78 Å². The fourth-order valence-electron chi connectivity index (χ4n) is 3.18. The molecule has 2 aromatic rings. The van der Waals surface area contributed by atoms with Crippen LogP contribution < -0.4 is 5.32 Å². The van der Waals surface area contributed by atoms with Crippen LogP contribution in [-0.4, -0.2) is 35.0 Å². The molecule has 0 saturated heterocycles. The summed E-state index contributed by atoms with van der Waals surface area (Å²) >= 11 is 0. The summed E-state index contributed by atoms with van der Waals surface area (Å²) in [7, 11) is 0. The van der Waals surface area contributed by atoms with E-state index in [2.05, 4.69) is 17.2 Å². The number of hydrogen-bond acceptors (Lipinski definition) is 3. The highest BCUT2D eigenvalue weighted by Crippen LogP contribution is 2.30. The molecule has 0 amide bonds. The third-order valence-corrected chi connectivity index (χ3v) is 5.52. The Labute approximate surface area is 177 Å². The van der Waals surface area contributed by atoms with Crippen LogP contribution in [0.3, 0.4) is 0 Å². The Bertz CT molecular complexity index is 883. The molecule has 30 heavy (non-hydrogen) atoms. The van der Waals surface area contributed by atoms with Crippen LogP contribution in [0.5, 0.6) is 0 Å². The van der Waals surface area contributed by atoms with Crippen molar-refractivity contribution in [3.8, 4) is 11.8 Å². The van der Waals surface area contributed by atoms with Gasteiger partial charge >= 0.3 is 0 Å². The van der Waals surface area contributed by atoms with Crippen LogP contribution in [0, 0.1) is 11.8 Å². The minimum atomic E-state index is -3.03. The highest BCUT2D eigenvalue weighted by atomic mass is 19.3. The molecule has 5 heteroatoms. The van der Waals surface area contributed by atoms with Crippen LogP contribution in [0.1, 0.15) is 50.3 Å². The van der Waals surface area contributed by atoms with Gasteiger partial charge in [-0.1, -0.05) is 49.1 Å². The molecule has 0 fully saturated rings. The molecule has 0 radical (unpaired) electrons. The Morgan fingerprint density at radius 2 is 1.60 bits per heavy atom. The maximum atomic E-state index is 13.3. The Kier molecular flexibility index (Phi) is 8.28. The lowest BCUT2D eigenvalue weighted by molar-refractivity contribution is -0.158. The average molecular weight is 414 g/mol. The van der Waals surface area contributed by atoms with E-state index in [4.69, 9.17) is 0 Å². The second-order valence-corrected chi connectivity index (χ2v) is 7.69. The van der Waals surface area contributed by atoms with Crippen LogP contribution in [0.15, 0.2) is 54.6 Å². The van der Waals surface area contributed by atoms with Crippen LogP contribution in [0.2, 0.25) is 0 Å². The van der Waals surface area contributed by atoms with Gasteiger partial charge in [-0.15, -0.1) is 0 Å². The summed E-state index contributed by atoms with van der Waals surface area (Å²) in [6.07, 6.45) is -1.61. The summed E-state index contributed by atoms with van der Waals surface area (Å²) in [5, 5.41) is 13.1. The first-order chi connectivity index (χ1) is 14.2. The number of alkyl halides is 2. The van der Waals surface area contributed by atoms with Gasteiger partial charge in [0.15, 0.2) is 5.78 Å². The first-order valence-corrected chi connectivity index (χ1v) is 10.2. The number of rotatable bonds is 9. The number of hydrogen-bond donors (Lipinski definition) is 2. The summed E-state index contributed by atoms with van der Waals surface area (Å²) in [4.78, 5) is 12.3. The van der Waals surface area contributed by atoms with E-state index < -0.39 is 23.3 Å². The molecular weight excluding hydrogens is 384 g/mol. The number of aliphatic hydroxyl groups is 1. The maximum Gasteiger partial charge on any atom is 0.268 e. The molecule has 0 aromatic heterocycles. The van der Waals surface area contributed by atoms with Gasteiger partial charge in [-0.05, 0) is 63.1 Å². The number of nitrogens with one attached hydrogen (secondary N) is 1. The van der Waals surface area contributed by atoms with E-state index in [9.17, 15) is 18.7 Å². The minimum Gasteiger partial charge on any atom is -0.382 e. The molecule has 2 atom stereocenters. The molecule has 2 rings (SSSR count). The van der Waals surface area contributed by atoms with Crippen molar-refractivity contribution in [1.82, 2.24) is 5.32 Å². The second kappa shape index (κ2) is 10.5. The van der Waals surface area contributed by atoms with E-state index >= 15 is 0 Å². The number of aryl methyl sites for hydroxylation is 1. The number of benzene rings is 2. The molecule has 0 saturated carbocycles. The van der Waals surface area contributed by atoms with Crippen LogP contribution in [-0.2, 0) is 11.2 Å². The third-order valence-electron chi connectivity index (χ3n) is 5.52. The standard InChI is InChI=1S/C25H29F2NO2/c1-4-22(29)24(2,25(3,30)23(26)27)28-18-8-11-20-13-16-21(17-14-20)15-12-19-9-6-5-7-10-19/h5-7,9-10,13-14,16-17,23,28,30H,4,8,11,18H2,1-3H3. The monoisotopic (exact) mass is 413 g/mol. The predicted molar refractivity (Wildman–Crippen MR) is 116 cm³/mol. The highest BCUT2D eigenvalue weighted by molar-refractivity contribution is 5.89. The summed E-state index contributed by atoms with van der Waals surface area (Å²) in [5.41, 5.74) is -1.19. The van der Waals surface area contributed by atoms with Gasteiger partial charge in [0.2, 0.25) is 0 Å². The lowest BCUT2D eigenvalue weighted by atomic mass is 9.78. The zero-order chi connectivity index (χ0) is 22.2. The van der Waals surface area contributed by atoms with Crippen molar-refractivity contribution in [1.29, 1.82) is 0 Å². The molecule has 0 aliphatic carbocycles. The molecule has 0 spiro atoms. The number of halogens is 2. The molecule has 0 aliphatic heterocycles. The van der Waals surface area contributed by atoms with Crippen LogP contribution >= 0.6 is 0 Å². The molecule has 160 valence electrons. The molecule has 2 N–H and O–H groups in total. The Morgan fingerprint density at radius 3 is 2.13 bits per heavy atom. The SMILES string of the molecule is CCC(=O)C(C)(NCCCc1ccc(C#Cc2ccccc2)cc1)C(C)(O)C(F)F. The number of carbonyl (C=O) groups is 1. The zero-order valence-corrected chi connectivity index (χ0v) is 17.7. The Hall–Kier alpha value is -2.55. The van der Waals surface area contributed by atoms with Crippen LogP contribution in [0.25, 0.3) is 0 Å². The third kappa shape index (κ3) is 5.75. The van der Waals surface area contributed by atoms with Gasteiger partial charge in [0.05, 0.1) is 0 Å². The molecule has 3 nitrogen and oxygen atoms in total. The van der Waals surface area contributed by atoms with Crippen molar-refractivity contribution in [2.24, 2.45) is 0 Å². The average Bonchev–Trinajstić information content (AvgIpc) is 2.75. The topological polar surface area (TPSA) is 49.3 Å². The Balaban J connectivity index is 1.93. The van der Waals surface area contributed by atoms with Crippen molar-refractivity contribution in [2.75, 3.05) is 6.54 Å². The molecule has 2 unspecified atom stereocenters. The van der Waals surface area contributed by atoms with Gasteiger partial charge < -0.3 is 10.4 Å². The summed E-state index contributed by atoms with van der Waals surface area (Å²) in [6, 6.07) is 17.6.